The average Bonchev–Trinajstić information content (AvgIpc) is 3.11. The molecule has 0 bridgehead atoms. The van der Waals surface area contributed by atoms with Crippen molar-refractivity contribution in [3.05, 3.63) is 81.6 Å². The second kappa shape index (κ2) is 7.84. The van der Waals surface area contributed by atoms with Gasteiger partial charge in [-0.1, -0.05) is 41.9 Å². The van der Waals surface area contributed by atoms with E-state index in [4.69, 9.17) is 16.0 Å². The van der Waals surface area contributed by atoms with Crippen molar-refractivity contribution in [1.29, 1.82) is 0 Å². The van der Waals surface area contributed by atoms with E-state index in [1.165, 1.54) is 18.2 Å². The van der Waals surface area contributed by atoms with Gasteiger partial charge < -0.3 is 9.73 Å². The molecule has 1 amide bonds. The molecule has 6 nitrogen and oxygen atoms in total. The maximum atomic E-state index is 12.1. The third-order valence-corrected chi connectivity index (χ3v) is 3.98. The number of amides is 1. The summed E-state index contributed by atoms with van der Waals surface area (Å²) in [5, 5.41) is 13.8. The monoisotopic (exact) mass is 370 g/mol. The van der Waals surface area contributed by atoms with Gasteiger partial charge in [0.2, 0.25) is 5.91 Å². The van der Waals surface area contributed by atoms with Crippen molar-refractivity contribution in [3.63, 3.8) is 0 Å². The third-order valence-electron chi connectivity index (χ3n) is 3.75. The number of anilines is 1. The lowest BCUT2D eigenvalue weighted by atomic mass is 10.2. The lowest BCUT2D eigenvalue weighted by molar-refractivity contribution is -0.383. The van der Waals surface area contributed by atoms with Crippen LogP contribution in [0.1, 0.15) is 12.2 Å². The van der Waals surface area contributed by atoms with E-state index in [1.807, 2.05) is 42.5 Å². The molecule has 132 valence electrons. The van der Waals surface area contributed by atoms with E-state index in [2.05, 4.69) is 5.32 Å². The number of furan rings is 1. The van der Waals surface area contributed by atoms with Crippen LogP contribution in [0.2, 0.25) is 5.02 Å². The quantitative estimate of drug-likeness (QED) is 0.484. The van der Waals surface area contributed by atoms with E-state index < -0.39 is 4.92 Å². The fourth-order valence-electron chi connectivity index (χ4n) is 2.48. The van der Waals surface area contributed by atoms with Gasteiger partial charge in [-0.3, -0.25) is 14.9 Å². The minimum atomic E-state index is -0.583. The Labute approximate surface area is 154 Å². The molecule has 0 saturated heterocycles. The third kappa shape index (κ3) is 4.29. The molecular weight excluding hydrogens is 356 g/mol. The largest absolute Gasteiger partial charge is 0.461 e. The van der Waals surface area contributed by atoms with Crippen molar-refractivity contribution >= 4 is 28.9 Å². The van der Waals surface area contributed by atoms with Crippen molar-refractivity contribution in [2.45, 2.75) is 12.8 Å². The Hall–Kier alpha value is -3.12. The van der Waals surface area contributed by atoms with Crippen LogP contribution in [0.3, 0.4) is 0 Å². The number of nitro benzene ring substituents is 1. The molecule has 3 aromatic rings. The number of nitrogens with zero attached hydrogens (tertiary/aromatic N) is 1. The molecule has 0 aliphatic heterocycles. The van der Waals surface area contributed by atoms with Crippen molar-refractivity contribution < 1.29 is 14.1 Å². The first-order valence-corrected chi connectivity index (χ1v) is 8.28. The van der Waals surface area contributed by atoms with Crippen molar-refractivity contribution in [2.24, 2.45) is 0 Å². The first-order chi connectivity index (χ1) is 12.5. The van der Waals surface area contributed by atoms with Gasteiger partial charge in [0.05, 0.1) is 4.92 Å². The van der Waals surface area contributed by atoms with Gasteiger partial charge >= 0.3 is 0 Å². The number of hydrogen-bond acceptors (Lipinski definition) is 4. The van der Waals surface area contributed by atoms with Gasteiger partial charge in [0, 0.05) is 29.5 Å². The zero-order chi connectivity index (χ0) is 18.5. The van der Waals surface area contributed by atoms with Crippen molar-refractivity contribution in [2.75, 3.05) is 5.32 Å². The standard InChI is InChI=1S/C19H15ClN2O4/c20-14-6-9-16(17(12-14)22(24)25)21-19(23)11-8-15-7-10-18(26-15)13-4-2-1-3-5-13/h1-7,9-10,12H,8,11H2,(H,21,23). The highest BCUT2D eigenvalue weighted by atomic mass is 35.5. The average molecular weight is 371 g/mol. The molecule has 1 N–H and O–H groups in total. The molecule has 3 rings (SSSR count). The minimum Gasteiger partial charge on any atom is -0.461 e. The number of carbonyl (C=O) groups excluding carboxylic acids is 1. The minimum absolute atomic E-state index is 0.119. The molecule has 1 heterocycles. The van der Waals surface area contributed by atoms with Gasteiger partial charge in [-0.2, -0.15) is 0 Å². The summed E-state index contributed by atoms with van der Waals surface area (Å²) in [7, 11) is 0. The van der Waals surface area contributed by atoms with Crippen LogP contribution in [-0.4, -0.2) is 10.8 Å². The van der Waals surface area contributed by atoms with Gasteiger partial charge in [-0.15, -0.1) is 0 Å². The molecule has 1 aromatic heterocycles. The molecule has 2 aromatic carbocycles. The van der Waals surface area contributed by atoms with E-state index >= 15 is 0 Å². The van der Waals surface area contributed by atoms with Crippen LogP contribution in [0, 0.1) is 10.1 Å². The number of benzene rings is 2. The highest BCUT2D eigenvalue weighted by Gasteiger charge is 2.16. The number of hydrogen-bond donors (Lipinski definition) is 1. The van der Waals surface area contributed by atoms with E-state index in [-0.39, 0.29) is 28.7 Å². The first kappa shape index (κ1) is 17.7. The predicted octanol–water partition coefficient (Wildman–Crippen LogP) is 5.08. The Kier molecular flexibility index (Phi) is 5.34. The molecular formula is C19H15ClN2O4. The van der Waals surface area contributed by atoms with Gasteiger partial charge in [0.25, 0.3) is 5.69 Å². The normalized spacial score (nSPS) is 10.5. The van der Waals surface area contributed by atoms with Crippen LogP contribution in [-0.2, 0) is 11.2 Å². The van der Waals surface area contributed by atoms with Gasteiger partial charge in [-0.25, -0.2) is 0 Å². The fraction of sp³-hybridized carbons (Fsp3) is 0.105. The van der Waals surface area contributed by atoms with Gasteiger partial charge in [-0.05, 0) is 24.3 Å². The fourth-order valence-corrected chi connectivity index (χ4v) is 2.65. The zero-order valence-electron chi connectivity index (χ0n) is 13.6. The summed E-state index contributed by atoms with van der Waals surface area (Å²) in [4.78, 5) is 22.6. The molecule has 0 spiro atoms. The Morgan fingerprint density at radius 2 is 1.88 bits per heavy atom. The van der Waals surface area contributed by atoms with Crippen LogP contribution in [0.15, 0.2) is 65.1 Å². The summed E-state index contributed by atoms with van der Waals surface area (Å²) >= 11 is 5.76. The maximum Gasteiger partial charge on any atom is 0.294 e. The topological polar surface area (TPSA) is 85.4 Å². The second-order valence-corrected chi connectivity index (χ2v) is 6.04. The number of aryl methyl sites for hydroxylation is 1. The molecule has 7 heteroatoms. The second-order valence-electron chi connectivity index (χ2n) is 5.60. The molecule has 0 aliphatic carbocycles. The van der Waals surface area contributed by atoms with Crippen molar-refractivity contribution in [1.82, 2.24) is 0 Å². The lowest BCUT2D eigenvalue weighted by Gasteiger charge is -2.06. The highest BCUT2D eigenvalue weighted by Crippen LogP contribution is 2.28. The Morgan fingerprint density at radius 1 is 1.12 bits per heavy atom. The molecule has 0 aliphatic rings. The summed E-state index contributed by atoms with van der Waals surface area (Å²) in [5.74, 6) is 1.06. The number of rotatable bonds is 6. The summed E-state index contributed by atoms with van der Waals surface area (Å²) in [6.45, 7) is 0. The van der Waals surface area contributed by atoms with Crippen LogP contribution in [0.4, 0.5) is 11.4 Å². The van der Waals surface area contributed by atoms with Crippen LogP contribution in [0.5, 0.6) is 0 Å². The molecule has 0 saturated carbocycles. The van der Waals surface area contributed by atoms with Gasteiger partial charge in [0.1, 0.15) is 17.2 Å². The SMILES string of the molecule is O=C(CCc1ccc(-c2ccccc2)o1)Nc1ccc(Cl)cc1[N+](=O)[O-]. The Bertz CT molecular complexity index is 938. The summed E-state index contributed by atoms with van der Waals surface area (Å²) in [5.41, 5.74) is 0.837. The molecule has 0 atom stereocenters. The number of carbonyl (C=O) groups is 1. The lowest BCUT2D eigenvalue weighted by Crippen LogP contribution is -2.13. The van der Waals surface area contributed by atoms with E-state index in [1.54, 1.807) is 0 Å². The highest BCUT2D eigenvalue weighted by molar-refractivity contribution is 6.31. The van der Waals surface area contributed by atoms with Crippen LogP contribution < -0.4 is 5.32 Å². The summed E-state index contributed by atoms with van der Waals surface area (Å²) in [6.07, 6.45) is 0.529. The molecule has 26 heavy (non-hydrogen) atoms. The molecule has 0 unspecified atom stereocenters. The Morgan fingerprint density at radius 3 is 2.62 bits per heavy atom. The number of nitro groups is 1. The maximum absolute atomic E-state index is 12.1. The van der Waals surface area contributed by atoms with Gasteiger partial charge in [0.15, 0.2) is 0 Å². The smallest absolute Gasteiger partial charge is 0.294 e. The number of nitrogens with one attached hydrogen (secondary N) is 1. The summed E-state index contributed by atoms with van der Waals surface area (Å²) in [6, 6.07) is 17.4. The summed E-state index contributed by atoms with van der Waals surface area (Å²) < 4.78 is 5.74. The molecule has 0 fully saturated rings. The van der Waals surface area contributed by atoms with Crippen LogP contribution in [0.25, 0.3) is 11.3 Å². The van der Waals surface area contributed by atoms with E-state index in [0.29, 0.717) is 12.2 Å². The first-order valence-electron chi connectivity index (χ1n) is 7.91. The van der Waals surface area contributed by atoms with E-state index in [9.17, 15) is 14.9 Å². The van der Waals surface area contributed by atoms with Crippen molar-refractivity contribution in [3.8, 4) is 11.3 Å². The zero-order valence-corrected chi connectivity index (χ0v) is 14.4. The van der Waals surface area contributed by atoms with Crippen LogP contribution >= 0.6 is 11.6 Å². The van der Waals surface area contributed by atoms with E-state index in [0.717, 1.165) is 11.3 Å². The predicted molar refractivity (Wildman–Crippen MR) is 99.2 cm³/mol. The number of halogens is 1. The Balaban J connectivity index is 1.62. The molecule has 0 radical (unpaired) electrons.